The Hall–Kier alpha value is -2.89. The van der Waals surface area contributed by atoms with Gasteiger partial charge in [0, 0.05) is 19.6 Å². The van der Waals surface area contributed by atoms with Crippen molar-refractivity contribution in [1.82, 2.24) is 4.90 Å². The number of amides is 1. The third kappa shape index (κ3) is 3.90. The monoisotopic (exact) mass is 327 g/mol. The molecule has 0 heterocycles. The van der Waals surface area contributed by atoms with Gasteiger partial charge in [0.25, 0.3) is 5.91 Å². The van der Waals surface area contributed by atoms with Crippen molar-refractivity contribution in [2.75, 3.05) is 18.4 Å². The number of carbonyl (C=O) groups excluding carboxylic acids is 1. The van der Waals surface area contributed by atoms with Crippen LogP contribution in [0.3, 0.4) is 0 Å². The zero-order valence-corrected chi connectivity index (χ0v) is 13.9. The number of nitro groups is 1. The fourth-order valence-electron chi connectivity index (χ4n) is 2.55. The molecule has 0 atom stereocenters. The molecule has 0 aliphatic rings. The number of hydrogen-bond acceptors (Lipinski definition) is 4. The maximum absolute atomic E-state index is 12.9. The number of carbonyl (C=O) groups is 1. The number of nitro benzene ring substituents is 1. The summed E-state index contributed by atoms with van der Waals surface area (Å²) in [4.78, 5) is 25.4. The van der Waals surface area contributed by atoms with Gasteiger partial charge in [-0.2, -0.15) is 0 Å². The van der Waals surface area contributed by atoms with Gasteiger partial charge < -0.3 is 10.2 Å². The van der Waals surface area contributed by atoms with Crippen molar-refractivity contribution < 1.29 is 9.72 Å². The zero-order valence-electron chi connectivity index (χ0n) is 13.9. The average molecular weight is 327 g/mol. The minimum Gasteiger partial charge on any atom is -0.380 e. The molecule has 24 heavy (non-hydrogen) atoms. The molecule has 1 N–H and O–H groups in total. The van der Waals surface area contributed by atoms with Crippen LogP contribution in [0.2, 0.25) is 0 Å². The first-order chi connectivity index (χ1) is 11.6. The van der Waals surface area contributed by atoms with Crippen LogP contribution in [0.5, 0.6) is 0 Å². The van der Waals surface area contributed by atoms with E-state index in [2.05, 4.69) is 5.32 Å². The largest absolute Gasteiger partial charge is 0.380 e. The normalized spacial score (nSPS) is 10.2. The van der Waals surface area contributed by atoms with Crippen molar-refractivity contribution in [1.29, 1.82) is 0 Å². The lowest BCUT2D eigenvalue weighted by Gasteiger charge is -2.21. The standard InChI is InChI=1S/C18H21N3O3/c1-3-19-16-12-8-11-15(17(16)21(23)24)18(22)20(4-2)13-14-9-6-5-7-10-14/h5-12,19H,3-4,13H2,1-2H3. The molecule has 2 aromatic rings. The van der Waals surface area contributed by atoms with Crippen LogP contribution in [0.1, 0.15) is 29.8 Å². The summed E-state index contributed by atoms with van der Waals surface area (Å²) >= 11 is 0. The Morgan fingerprint density at radius 1 is 1.12 bits per heavy atom. The van der Waals surface area contributed by atoms with Crippen LogP contribution in [0.15, 0.2) is 48.5 Å². The summed E-state index contributed by atoms with van der Waals surface area (Å²) in [6.07, 6.45) is 0. The highest BCUT2D eigenvalue weighted by Gasteiger charge is 2.27. The fraction of sp³-hybridized carbons (Fsp3) is 0.278. The Labute approximate surface area is 141 Å². The first-order valence-electron chi connectivity index (χ1n) is 7.92. The second-order valence-electron chi connectivity index (χ2n) is 5.29. The van der Waals surface area contributed by atoms with Gasteiger partial charge in [-0.25, -0.2) is 0 Å². The topological polar surface area (TPSA) is 75.5 Å². The van der Waals surface area contributed by atoms with Crippen LogP contribution in [0.4, 0.5) is 11.4 Å². The molecule has 0 aliphatic heterocycles. The number of hydrogen-bond donors (Lipinski definition) is 1. The summed E-state index contributed by atoms with van der Waals surface area (Å²) in [5.41, 5.74) is 1.29. The van der Waals surface area contributed by atoms with Gasteiger partial charge in [0.05, 0.1) is 4.92 Å². The van der Waals surface area contributed by atoms with Crippen molar-refractivity contribution >= 4 is 17.3 Å². The highest BCUT2D eigenvalue weighted by Crippen LogP contribution is 2.29. The number of benzene rings is 2. The lowest BCUT2D eigenvalue weighted by molar-refractivity contribution is -0.384. The highest BCUT2D eigenvalue weighted by atomic mass is 16.6. The minimum absolute atomic E-state index is 0.108. The Morgan fingerprint density at radius 2 is 1.83 bits per heavy atom. The number of nitrogens with zero attached hydrogens (tertiary/aromatic N) is 2. The Kier molecular flexibility index (Phi) is 5.89. The molecule has 0 unspecified atom stereocenters. The molecule has 0 saturated carbocycles. The summed E-state index contributed by atoms with van der Waals surface area (Å²) in [6, 6.07) is 14.4. The van der Waals surface area contributed by atoms with Crippen LogP contribution < -0.4 is 5.32 Å². The predicted octanol–water partition coefficient (Wildman–Crippen LogP) is 3.69. The van der Waals surface area contributed by atoms with Gasteiger partial charge in [-0.05, 0) is 31.5 Å². The van der Waals surface area contributed by atoms with Gasteiger partial charge in [-0.15, -0.1) is 0 Å². The molecule has 2 aromatic carbocycles. The van der Waals surface area contributed by atoms with Crippen LogP contribution >= 0.6 is 0 Å². The maximum atomic E-state index is 12.9. The van der Waals surface area contributed by atoms with Crippen LogP contribution in [-0.2, 0) is 6.54 Å². The fourth-order valence-corrected chi connectivity index (χ4v) is 2.55. The van der Waals surface area contributed by atoms with E-state index in [-0.39, 0.29) is 17.2 Å². The molecule has 0 fully saturated rings. The van der Waals surface area contributed by atoms with Crippen molar-refractivity contribution in [3.63, 3.8) is 0 Å². The summed E-state index contributed by atoms with van der Waals surface area (Å²) in [6.45, 7) is 5.14. The minimum atomic E-state index is -0.498. The van der Waals surface area contributed by atoms with E-state index >= 15 is 0 Å². The second kappa shape index (κ2) is 8.10. The van der Waals surface area contributed by atoms with E-state index in [1.54, 1.807) is 17.0 Å². The molecule has 6 heteroatoms. The lowest BCUT2D eigenvalue weighted by Crippen LogP contribution is -2.31. The molecular weight excluding hydrogens is 306 g/mol. The summed E-state index contributed by atoms with van der Waals surface area (Å²) < 4.78 is 0. The summed E-state index contributed by atoms with van der Waals surface area (Å²) in [7, 11) is 0. The van der Waals surface area contributed by atoms with Gasteiger partial charge >= 0.3 is 5.69 Å². The van der Waals surface area contributed by atoms with E-state index in [0.29, 0.717) is 25.3 Å². The van der Waals surface area contributed by atoms with Gasteiger partial charge in [0.15, 0.2) is 0 Å². The number of nitrogens with one attached hydrogen (secondary N) is 1. The van der Waals surface area contributed by atoms with Crippen molar-refractivity contribution in [2.24, 2.45) is 0 Å². The quantitative estimate of drug-likeness (QED) is 0.621. The van der Waals surface area contributed by atoms with E-state index in [0.717, 1.165) is 5.56 Å². The molecule has 0 radical (unpaired) electrons. The SMILES string of the molecule is CCNc1cccc(C(=O)N(CC)Cc2ccccc2)c1[N+](=O)[O-]. The van der Waals surface area contributed by atoms with Crippen molar-refractivity contribution in [2.45, 2.75) is 20.4 Å². The first-order valence-corrected chi connectivity index (χ1v) is 7.92. The molecular formula is C18H21N3O3. The molecule has 0 aromatic heterocycles. The van der Waals surface area contributed by atoms with Crippen LogP contribution in [0, 0.1) is 10.1 Å². The van der Waals surface area contributed by atoms with Gasteiger partial charge in [0.2, 0.25) is 0 Å². The van der Waals surface area contributed by atoms with E-state index in [1.165, 1.54) is 6.07 Å². The third-order valence-corrected chi connectivity index (χ3v) is 3.70. The van der Waals surface area contributed by atoms with Gasteiger partial charge in [-0.1, -0.05) is 36.4 Å². The third-order valence-electron chi connectivity index (χ3n) is 3.70. The summed E-state index contributed by atoms with van der Waals surface area (Å²) in [5.74, 6) is -0.340. The van der Waals surface area contributed by atoms with Gasteiger partial charge in [-0.3, -0.25) is 14.9 Å². The Balaban J connectivity index is 2.36. The van der Waals surface area contributed by atoms with Crippen LogP contribution in [0.25, 0.3) is 0 Å². The van der Waals surface area contributed by atoms with E-state index in [9.17, 15) is 14.9 Å². The number of anilines is 1. The molecule has 6 nitrogen and oxygen atoms in total. The van der Waals surface area contributed by atoms with E-state index in [4.69, 9.17) is 0 Å². The summed E-state index contributed by atoms with van der Waals surface area (Å²) in [5, 5.41) is 14.4. The smallest absolute Gasteiger partial charge is 0.305 e. The van der Waals surface area contributed by atoms with Gasteiger partial charge in [0.1, 0.15) is 11.3 Å². The Morgan fingerprint density at radius 3 is 2.42 bits per heavy atom. The van der Waals surface area contributed by atoms with E-state index < -0.39 is 4.92 Å². The molecule has 0 spiro atoms. The molecule has 0 aliphatic carbocycles. The number of rotatable bonds is 7. The van der Waals surface area contributed by atoms with Crippen molar-refractivity contribution in [3.05, 3.63) is 69.8 Å². The Bertz CT molecular complexity index is 717. The van der Waals surface area contributed by atoms with Crippen LogP contribution in [-0.4, -0.2) is 28.8 Å². The predicted molar refractivity (Wildman–Crippen MR) is 94.1 cm³/mol. The second-order valence-corrected chi connectivity index (χ2v) is 5.29. The number of para-hydroxylation sites is 1. The van der Waals surface area contributed by atoms with Crippen molar-refractivity contribution in [3.8, 4) is 0 Å². The molecule has 0 saturated heterocycles. The molecule has 1 amide bonds. The zero-order chi connectivity index (χ0) is 17.5. The first kappa shape index (κ1) is 17.5. The molecule has 2 rings (SSSR count). The average Bonchev–Trinajstić information content (AvgIpc) is 2.60. The molecule has 126 valence electrons. The lowest BCUT2D eigenvalue weighted by atomic mass is 10.1. The maximum Gasteiger partial charge on any atom is 0.305 e. The highest BCUT2D eigenvalue weighted by molar-refractivity contribution is 6.00. The van der Waals surface area contributed by atoms with E-state index in [1.807, 2.05) is 44.2 Å². The molecule has 0 bridgehead atoms.